The maximum atomic E-state index is 12.9. The minimum atomic E-state index is -1.11. The average molecular weight is 438 g/mol. The van der Waals surface area contributed by atoms with Gasteiger partial charge in [0.1, 0.15) is 10.4 Å². The lowest BCUT2D eigenvalue weighted by atomic mass is 10.0. The first-order valence-corrected chi connectivity index (χ1v) is 9.83. The van der Waals surface area contributed by atoms with E-state index in [1.165, 1.54) is 0 Å². The zero-order valence-corrected chi connectivity index (χ0v) is 16.9. The largest absolute Gasteiger partial charge is 0.480 e. The number of rotatable bonds is 5. The number of carboxylic acid groups (broad SMARTS) is 1. The number of carbonyl (C=O) groups excluding carboxylic acids is 1. The second-order valence-electron chi connectivity index (χ2n) is 5.76. The van der Waals surface area contributed by atoms with Crippen molar-refractivity contribution in [2.75, 3.05) is 0 Å². The first-order chi connectivity index (χ1) is 12.9. The van der Waals surface area contributed by atoms with E-state index in [0.29, 0.717) is 20.5 Å². The Kier molecular flexibility index (Phi) is 6.22. The van der Waals surface area contributed by atoms with E-state index in [-0.39, 0.29) is 10.7 Å². The Morgan fingerprint density at radius 3 is 2.56 bits per heavy atom. The molecule has 0 aromatic heterocycles. The molecular weight excluding hydrogens is 425 g/mol. The first kappa shape index (κ1) is 19.9. The summed E-state index contributed by atoms with van der Waals surface area (Å²) in [6.07, 6.45) is 1.76. The molecule has 1 amide bonds. The number of hydrogen-bond donors (Lipinski definition) is 1. The van der Waals surface area contributed by atoms with Gasteiger partial charge >= 0.3 is 5.97 Å². The molecule has 3 rings (SSSR count). The molecule has 4 nitrogen and oxygen atoms in total. The van der Waals surface area contributed by atoms with Gasteiger partial charge in [0.25, 0.3) is 5.91 Å². The number of aliphatic carboxylic acids is 1. The fourth-order valence-corrected chi connectivity index (χ4v) is 4.45. The summed E-state index contributed by atoms with van der Waals surface area (Å²) < 4.78 is 0.208. The minimum absolute atomic E-state index is 0.164. The summed E-state index contributed by atoms with van der Waals surface area (Å²) in [4.78, 5) is 26.2. The third-order valence-electron chi connectivity index (χ3n) is 3.94. The van der Waals surface area contributed by atoms with E-state index in [1.54, 1.807) is 24.3 Å². The molecule has 1 atom stereocenters. The van der Waals surface area contributed by atoms with E-state index in [1.807, 2.05) is 30.3 Å². The zero-order chi connectivity index (χ0) is 19.6. The Hall–Kier alpha value is -1.86. The minimum Gasteiger partial charge on any atom is -0.480 e. The van der Waals surface area contributed by atoms with Gasteiger partial charge < -0.3 is 5.11 Å². The van der Waals surface area contributed by atoms with Crippen molar-refractivity contribution in [3.8, 4) is 0 Å². The van der Waals surface area contributed by atoms with Crippen molar-refractivity contribution in [1.29, 1.82) is 0 Å². The van der Waals surface area contributed by atoms with Crippen LogP contribution in [0.15, 0.2) is 53.4 Å². The zero-order valence-electron chi connectivity index (χ0n) is 13.8. The van der Waals surface area contributed by atoms with E-state index in [2.05, 4.69) is 0 Å². The van der Waals surface area contributed by atoms with Gasteiger partial charge in [0.2, 0.25) is 0 Å². The van der Waals surface area contributed by atoms with Crippen LogP contribution in [0, 0.1) is 0 Å². The van der Waals surface area contributed by atoms with Gasteiger partial charge in [0.15, 0.2) is 0 Å². The van der Waals surface area contributed by atoms with E-state index in [9.17, 15) is 14.7 Å². The highest BCUT2D eigenvalue weighted by Gasteiger charge is 2.40. The molecule has 1 fully saturated rings. The smallest absolute Gasteiger partial charge is 0.327 e. The van der Waals surface area contributed by atoms with Crippen molar-refractivity contribution in [2.45, 2.75) is 12.5 Å². The topological polar surface area (TPSA) is 57.6 Å². The Labute approximate surface area is 175 Å². The molecule has 27 heavy (non-hydrogen) atoms. The second kappa shape index (κ2) is 8.44. The Balaban J connectivity index is 1.89. The number of carboxylic acids is 1. The summed E-state index contributed by atoms with van der Waals surface area (Å²) in [7, 11) is 0. The third kappa shape index (κ3) is 4.52. The number of halogens is 2. The van der Waals surface area contributed by atoms with E-state index in [4.69, 9.17) is 35.4 Å². The normalized spacial score (nSPS) is 16.8. The van der Waals surface area contributed by atoms with Crippen LogP contribution >= 0.6 is 47.2 Å². The quantitative estimate of drug-likeness (QED) is 0.532. The maximum Gasteiger partial charge on any atom is 0.327 e. The molecule has 2 aromatic rings. The Morgan fingerprint density at radius 2 is 1.93 bits per heavy atom. The van der Waals surface area contributed by atoms with Crippen molar-refractivity contribution in [3.05, 3.63) is 74.6 Å². The van der Waals surface area contributed by atoms with Crippen LogP contribution in [0.25, 0.3) is 6.08 Å². The number of hydrogen-bond acceptors (Lipinski definition) is 4. The van der Waals surface area contributed by atoms with Gasteiger partial charge in [0.05, 0.1) is 4.91 Å². The van der Waals surface area contributed by atoms with Crippen molar-refractivity contribution in [1.82, 2.24) is 4.90 Å². The molecule has 1 aliphatic heterocycles. The van der Waals surface area contributed by atoms with Crippen molar-refractivity contribution in [3.63, 3.8) is 0 Å². The first-order valence-electron chi connectivity index (χ1n) is 7.85. The van der Waals surface area contributed by atoms with Gasteiger partial charge in [-0.3, -0.25) is 9.69 Å². The van der Waals surface area contributed by atoms with Gasteiger partial charge in [-0.05, 0) is 29.3 Å². The molecule has 8 heteroatoms. The van der Waals surface area contributed by atoms with Crippen LogP contribution in [0.4, 0.5) is 0 Å². The summed E-state index contributed by atoms with van der Waals surface area (Å²) in [6.45, 7) is 0. The molecule has 1 N–H and O–H groups in total. The van der Waals surface area contributed by atoms with Crippen LogP contribution in [-0.2, 0) is 16.0 Å². The van der Waals surface area contributed by atoms with Gasteiger partial charge in [-0.25, -0.2) is 4.79 Å². The number of nitrogens with zero attached hydrogens (tertiary/aromatic N) is 1. The van der Waals surface area contributed by atoms with Crippen LogP contribution in [0.5, 0.6) is 0 Å². The Morgan fingerprint density at radius 1 is 1.22 bits per heavy atom. The lowest BCUT2D eigenvalue weighted by Gasteiger charge is -2.23. The van der Waals surface area contributed by atoms with Gasteiger partial charge in [-0.15, -0.1) is 0 Å². The molecule has 2 aromatic carbocycles. The molecule has 0 unspecified atom stereocenters. The monoisotopic (exact) mass is 437 g/mol. The molecule has 0 radical (unpaired) electrons. The Bertz CT molecular complexity index is 947. The van der Waals surface area contributed by atoms with E-state index >= 15 is 0 Å². The van der Waals surface area contributed by atoms with Crippen LogP contribution < -0.4 is 0 Å². The number of thiocarbonyl (C=S) groups is 1. The van der Waals surface area contributed by atoms with E-state index < -0.39 is 17.9 Å². The summed E-state index contributed by atoms with van der Waals surface area (Å²) in [5.41, 5.74) is 1.42. The summed E-state index contributed by atoms with van der Waals surface area (Å²) >= 11 is 18.4. The highest BCUT2D eigenvalue weighted by Crippen LogP contribution is 2.36. The van der Waals surface area contributed by atoms with Crippen molar-refractivity contribution in [2.24, 2.45) is 0 Å². The molecule has 1 heterocycles. The second-order valence-corrected chi connectivity index (χ2v) is 8.28. The summed E-state index contributed by atoms with van der Waals surface area (Å²) in [6, 6.07) is 13.0. The fourth-order valence-electron chi connectivity index (χ4n) is 2.63. The summed E-state index contributed by atoms with van der Waals surface area (Å²) in [5, 5.41) is 10.5. The molecule has 1 aliphatic rings. The van der Waals surface area contributed by atoms with Gasteiger partial charge in [-0.1, -0.05) is 83.6 Å². The van der Waals surface area contributed by atoms with Crippen molar-refractivity contribution < 1.29 is 14.7 Å². The lowest BCUT2D eigenvalue weighted by Crippen LogP contribution is -2.45. The molecule has 138 valence electrons. The van der Waals surface area contributed by atoms with E-state index in [0.717, 1.165) is 22.2 Å². The van der Waals surface area contributed by atoms with Crippen LogP contribution in [0.1, 0.15) is 11.1 Å². The number of thioether (sulfide) groups is 1. The lowest BCUT2D eigenvalue weighted by molar-refractivity contribution is -0.145. The van der Waals surface area contributed by atoms with Gasteiger partial charge in [-0.2, -0.15) is 0 Å². The number of carbonyl (C=O) groups is 2. The van der Waals surface area contributed by atoms with Crippen LogP contribution in [0.2, 0.25) is 10.0 Å². The van der Waals surface area contributed by atoms with Crippen molar-refractivity contribution >= 4 is 69.5 Å². The molecule has 0 aliphatic carbocycles. The summed E-state index contributed by atoms with van der Waals surface area (Å²) in [5.74, 6) is -1.56. The van der Waals surface area contributed by atoms with Gasteiger partial charge in [0, 0.05) is 16.5 Å². The number of amides is 1. The average Bonchev–Trinajstić information content (AvgIpc) is 2.90. The standard InChI is InChI=1S/C19H13Cl2NO3S2/c20-13-7-6-12(14(21)10-13)9-16-17(23)22(19(26)27-16)15(18(24)25)8-11-4-2-1-3-5-11/h1-7,9-10,15H,8H2,(H,24,25)/b16-9-/t15-/m0/s1. The highest BCUT2D eigenvalue weighted by molar-refractivity contribution is 8.26. The van der Waals surface area contributed by atoms with Crippen LogP contribution in [-0.4, -0.2) is 32.2 Å². The predicted octanol–water partition coefficient (Wildman–Crippen LogP) is 4.89. The number of benzene rings is 2. The fraction of sp³-hybridized carbons (Fsp3) is 0.105. The van der Waals surface area contributed by atoms with Crippen LogP contribution in [0.3, 0.4) is 0 Å². The molecule has 0 saturated carbocycles. The predicted molar refractivity (Wildman–Crippen MR) is 113 cm³/mol. The maximum absolute atomic E-state index is 12.9. The molecule has 0 bridgehead atoms. The molecule has 0 spiro atoms. The molecule has 1 saturated heterocycles. The highest BCUT2D eigenvalue weighted by atomic mass is 35.5. The SMILES string of the molecule is O=C(O)[C@H](Cc1ccccc1)N1C(=O)/C(=C/c2ccc(Cl)cc2Cl)SC1=S. The molecular formula is C19H13Cl2NO3S2. The third-order valence-corrected chi connectivity index (χ3v) is 5.83.